The van der Waals surface area contributed by atoms with E-state index in [0.29, 0.717) is 31.4 Å². The van der Waals surface area contributed by atoms with Gasteiger partial charge in [-0.3, -0.25) is 19.4 Å². The van der Waals surface area contributed by atoms with E-state index in [1.54, 1.807) is 12.1 Å². The molecule has 1 saturated heterocycles. The molecule has 1 aliphatic rings. The number of benzene rings is 1. The van der Waals surface area contributed by atoms with E-state index < -0.39 is 47.9 Å². The fourth-order valence-electron chi connectivity index (χ4n) is 3.95. The number of phenols is 1. The normalized spacial score (nSPS) is 17.4. The van der Waals surface area contributed by atoms with Crippen molar-refractivity contribution < 1.29 is 29.4 Å². The molecule has 4 unspecified atom stereocenters. The Kier molecular flexibility index (Phi) is 11.5. The fraction of sp³-hybridized carbons (Fsp3) is 0.522. The molecule has 3 amide bonds. The Morgan fingerprint density at radius 1 is 1.11 bits per heavy atom. The number of likely N-dealkylation sites (tertiary alicyclic amines) is 1. The van der Waals surface area contributed by atoms with Crippen molar-refractivity contribution >= 4 is 42.3 Å². The Balaban J connectivity index is 2.11. The first-order valence-corrected chi connectivity index (χ1v) is 12.5. The first-order valence-electron chi connectivity index (χ1n) is 11.9. The van der Waals surface area contributed by atoms with Crippen molar-refractivity contribution in [2.75, 3.05) is 18.8 Å². The summed E-state index contributed by atoms with van der Waals surface area (Å²) in [7, 11) is 0. The summed E-state index contributed by atoms with van der Waals surface area (Å²) in [5.74, 6) is -3.01. The van der Waals surface area contributed by atoms with Crippen LogP contribution in [0.1, 0.15) is 31.2 Å². The van der Waals surface area contributed by atoms with Crippen molar-refractivity contribution in [3.05, 3.63) is 29.8 Å². The number of carbonyl (C=O) groups excluding carboxylic acids is 3. The average molecular weight is 538 g/mol. The van der Waals surface area contributed by atoms with E-state index in [4.69, 9.17) is 17.2 Å². The van der Waals surface area contributed by atoms with Crippen molar-refractivity contribution in [2.24, 2.45) is 22.2 Å². The van der Waals surface area contributed by atoms with Gasteiger partial charge in [-0.05, 0) is 43.4 Å². The molecule has 37 heavy (non-hydrogen) atoms. The van der Waals surface area contributed by atoms with Crippen molar-refractivity contribution in [1.82, 2.24) is 15.5 Å². The number of thiol groups is 1. The Hall–Kier alpha value is -3.52. The minimum atomic E-state index is -1.12. The molecule has 10 N–H and O–H groups in total. The molecule has 0 aromatic heterocycles. The number of nitrogens with two attached hydrogens (primary N) is 3. The summed E-state index contributed by atoms with van der Waals surface area (Å²) in [5.41, 5.74) is 17.1. The maximum Gasteiger partial charge on any atom is 0.326 e. The van der Waals surface area contributed by atoms with E-state index in [2.05, 4.69) is 28.3 Å². The van der Waals surface area contributed by atoms with Gasteiger partial charge in [0, 0.05) is 25.3 Å². The van der Waals surface area contributed by atoms with Crippen LogP contribution in [0.3, 0.4) is 0 Å². The predicted molar refractivity (Wildman–Crippen MR) is 140 cm³/mol. The quantitative estimate of drug-likeness (QED) is 0.0619. The number of amides is 3. The zero-order valence-corrected chi connectivity index (χ0v) is 21.3. The van der Waals surface area contributed by atoms with Crippen LogP contribution in [-0.4, -0.2) is 87.8 Å². The summed E-state index contributed by atoms with van der Waals surface area (Å²) in [6, 6.07) is 1.98. The van der Waals surface area contributed by atoms with Crippen LogP contribution in [0.15, 0.2) is 29.3 Å². The van der Waals surface area contributed by atoms with E-state index in [0.717, 1.165) is 0 Å². The molecule has 204 valence electrons. The third kappa shape index (κ3) is 9.13. The van der Waals surface area contributed by atoms with Crippen molar-refractivity contribution in [1.29, 1.82) is 0 Å². The number of nitrogens with one attached hydrogen (secondary N) is 2. The Morgan fingerprint density at radius 3 is 2.35 bits per heavy atom. The first-order chi connectivity index (χ1) is 17.5. The van der Waals surface area contributed by atoms with Gasteiger partial charge in [0.15, 0.2) is 5.96 Å². The van der Waals surface area contributed by atoms with Gasteiger partial charge in [-0.15, -0.1) is 0 Å². The summed E-state index contributed by atoms with van der Waals surface area (Å²) in [5, 5.41) is 24.2. The number of hydrogen-bond donors (Lipinski definition) is 8. The van der Waals surface area contributed by atoms with Crippen LogP contribution in [0, 0.1) is 0 Å². The Labute approximate surface area is 220 Å². The molecule has 0 saturated carbocycles. The highest BCUT2D eigenvalue weighted by molar-refractivity contribution is 7.80. The van der Waals surface area contributed by atoms with Gasteiger partial charge < -0.3 is 42.9 Å². The maximum absolute atomic E-state index is 13.3. The second-order valence-corrected chi connectivity index (χ2v) is 9.12. The number of aromatic hydroxyl groups is 1. The number of rotatable bonds is 13. The highest BCUT2D eigenvalue weighted by Crippen LogP contribution is 2.20. The first kappa shape index (κ1) is 29.7. The number of nitrogens with zero attached hydrogens (tertiary/aromatic N) is 2. The van der Waals surface area contributed by atoms with E-state index in [9.17, 15) is 29.4 Å². The smallest absolute Gasteiger partial charge is 0.326 e. The molecule has 0 spiro atoms. The second kappa shape index (κ2) is 14.3. The Morgan fingerprint density at radius 2 is 1.76 bits per heavy atom. The number of hydrogen-bond acceptors (Lipinski definition) is 8. The van der Waals surface area contributed by atoms with Crippen LogP contribution in [0.25, 0.3) is 0 Å². The van der Waals surface area contributed by atoms with Crippen LogP contribution in [0.5, 0.6) is 5.75 Å². The van der Waals surface area contributed by atoms with E-state index in [1.165, 1.54) is 17.0 Å². The monoisotopic (exact) mass is 537 g/mol. The van der Waals surface area contributed by atoms with Gasteiger partial charge in [0.2, 0.25) is 17.7 Å². The third-order valence-corrected chi connectivity index (χ3v) is 6.30. The lowest BCUT2D eigenvalue weighted by Gasteiger charge is -2.29. The molecule has 1 heterocycles. The van der Waals surface area contributed by atoms with Gasteiger partial charge in [0.05, 0.1) is 6.04 Å². The van der Waals surface area contributed by atoms with Crippen molar-refractivity contribution in [3.63, 3.8) is 0 Å². The number of aliphatic imine (C=N–C) groups is 1. The summed E-state index contributed by atoms with van der Waals surface area (Å²) >= 11 is 4.16. The van der Waals surface area contributed by atoms with Crippen molar-refractivity contribution in [2.45, 2.75) is 56.3 Å². The standard InChI is InChI=1S/C23H35N7O6S/c24-15(3-1-9-27-23(25)26)19(32)29-17(12-37)20(33)28-16(11-13-5-7-14(31)8-6-13)21(34)30-10-2-4-18(30)22(35)36/h5-8,15-18,31,37H,1-4,9-12,24H2,(H,28,33)(H,29,32)(H,35,36)(H4,25,26,27). The minimum absolute atomic E-state index is 0.0358. The molecular weight excluding hydrogens is 502 g/mol. The molecule has 1 aliphatic heterocycles. The largest absolute Gasteiger partial charge is 0.508 e. The molecular formula is C23H35N7O6S. The number of guanidine groups is 1. The molecule has 0 aliphatic carbocycles. The third-order valence-electron chi connectivity index (χ3n) is 5.93. The molecule has 13 nitrogen and oxygen atoms in total. The van der Waals surface area contributed by atoms with Gasteiger partial charge in [-0.2, -0.15) is 12.6 Å². The lowest BCUT2D eigenvalue weighted by Crippen LogP contribution is -2.58. The van der Waals surface area contributed by atoms with Gasteiger partial charge in [0.25, 0.3) is 0 Å². The van der Waals surface area contributed by atoms with Crippen molar-refractivity contribution in [3.8, 4) is 5.75 Å². The molecule has 1 aromatic carbocycles. The molecule has 0 radical (unpaired) electrons. The highest BCUT2D eigenvalue weighted by atomic mass is 32.1. The molecule has 0 bridgehead atoms. The zero-order valence-electron chi connectivity index (χ0n) is 20.4. The summed E-state index contributed by atoms with van der Waals surface area (Å²) in [4.78, 5) is 55.6. The van der Waals surface area contributed by atoms with Gasteiger partial charge in [0.1, 0.15) is 23.9 Å². The SMILES string of the molecule is NC(N)=NCCCC(N)C(=O)NC(CS)C(=O)NC(Cc1ccc(O)cc1)C(=O)N1CCCC1C(=O)O. The van der Waals surface area contributed by atoms with Crippen LogP contribution >= 0.6 is 12.6 Å². The van der Waals surface area contributed by atoms with Crippen LogP contribution in [-0.2, 0) is 25.6 Å². The predicted octanol–water partition coefficient (Wildman–Crippen LogP) is -1.71. The van der Waals surface area contributed by atoms with Gasteiger partial charge in [-0.1, -0.05) is 12.1 Å². The van der Waals surface area contributed by atoms with Crippen LogP contribution < -0.4 is 27.8 Å². The number of carboxylic acid groups (broad SMARTS) is 1. The second-order valence-electron chi connectivity index (χ2n) is 8.76. The Bertz CT molecular complexity index is 986. The number of carbonyl (C=O) groups is 4. The van der Waals surface area contributed by atoms with Gasteiger partial charge >= 0.3 is 5.97 Å². The number of carboxylic acids is 1. The molecule has 1 fully saturated rings. The lowest BCUT2D eigenvalue weighted by atomic mass is 10.0. The van der Waals surface area contributed by atoms with Crippen LogP contribution in [0.4, 0.5) is 0 Å². The molecule has 2 rings (SSSR count). The lowest BCUT2D eigenvalue weighted by molar-refractivity contribution is -0.149. The minimum Gasteiger partial charge on any atom is -0.508 e. The topological polar surface area (TPSA) is 226 Å². The fourth-order valence-corrected chi connectivity index (χ4v) is 4.21. The van der Waals surface area contributed by atoms with E-state index in [-0.39, 0.29) is 36.8 Å². The molecule has 4 atom stereocenters. The summed E-state index contributed by atoms with van der Waals surface area (Å²) in [6.45, 7) is 0.549. The zero-order chi connectivity index (χ0) is 27.5. The van der Waals surface area contributed by atoms with E-state index in [1.807, 2.05) is 0 Å². The van der Waals surface area contributed by atoms with E-state index >= 15 is 0 Å². The average Bonchev–Trinajstić information content (AvgIpc) is 3.35. The van der Waals surface area contributed by atoms with Gasteiger partial charge in [-0.25, -0.2) is 4.79 Å². The molecule has 14 heteroatoms. The number of aliphatic carboxylic acids is 1. The number of phenolic OH excluding ortho intramolecular Hbond substituents is 1. The highest BCUT2D eigenvalue weighted by Gasteiger charge is 2.38. The summed E-state index contributed by atoms with van der Waals surface area (Å²) < 4.78 is 0. The summed E-state index contributed by atoms with van der Waals surface area (Å²) in [6.07, 6.45) is 1.62. The molecule has 1 aromatic rings. The maximum atomic E-state index is 13.3. The van der Waals surface area contributed by atoms with Crippen LogP contribution in [0.2, 0.25) is 0 Å².